The number of benzene rings is 1. The first kappa shape index (κ1) is 10.1. The first-order chi connectivity index (χ1) is 6.59. The Balaban J connectivity index is 2.36. The van der Waals surface area contributed by atoms with E-state index >= 15 is 0 Å². The average molecular weight is 232 g/mol. The third kappa shape index (κ3) is 1.83. The fraction of sp³-hybridized carbons (Fsp3) is 0.400. The van der Waals surface area contributed by atoms with Crippen molar-refractivity contribution < 1.29 is 5.11 Å². The van der Waals surface area contributed by atoms with Gasteiger partial charge < -0.3 is 10.8 Å². The molecule has 1 aliphatic carbocycles. The van der Waals surface area contributed by atoms with Gasteiger partial charge in [-0.3, -0.25) is 0 Å². The van der Waals surface area contributed by atoms with Crippen molar-refractivity contribution in [1.82, 2.24) is 0 Å². The molecule has 14 heavy (non-hydrogen) atoms. The lowest BCUT2D eigenvalue weighted by molar-refractivity contribution is 0.475. The maximum atomic E-state index is 9.30. The predicted octanol–water partition coefficient (Wildman–Crippen LogP) is 3.11. The van der Waals surface area contributed by atoms with E-state index in [0.717, 1.165) is 18.4 Å². The summed E-state index contributed by atoms with van der Waals surface area (Å²) in [6.45, 7) is 0. The Hall–Kier alpha value is -0.440. The van der Waals surface area contributed by atoms with Gasteiger partial charge in [-0.15, -0.1) is 0 Å². The predicted molar refractivity (Wildman–Crippen MR) is 57.8 cm³/mol. The minimum atomic E-state index is -0.0550. The smallest absolute Gasteiger partial charge is 0.135 e. The maximum Gasteiger partial charge on any atom is 0.135 e. The summed E-state index contributed by atoms with van der Waals surface area (Å²) in [6, 6.07) is 3.05. The van der Waals surface area contributed by atoms with Crippen molar-refractivity contribution in [2.75, 3.05) is 0 Å². The van der Waals surface area contributed by atoms with Gasteiger partial charge in [-0.25, -0.2) is 0 Å². The van der Waals surface area contributed by atoms with Gasteiger partial charge in [0.1, 0.15) is 5.75 Å². The van der Waals surface area contributed by atoms with Gasteiger partial charge in [0.05, 0.1) is 5.02 Å². The molecule has 0 heterocycles. The first-order valence-electron chi connectivity index (χ1n) is 4.53. The second-order valence-electron chi connectivity index (χ2n) is 3.69. The van der Waals surface area contributed by atoms with Crippen LogP contribution < -0.4 is 5.73 Å². The fourth-order valence-corrected chi connectivity index (χ4v) is 1.97. The Morgan fingerprint density at radius 3 is 2.50 bits per heavy atom. The molecular weight excluding hydrogens is 221 g/mol. The first-order valence-corrected chi connectivity index (χ1v) is 5.28. The van der Waals surface area contributed by atoms with E-state index in [-0.39, 0.29) is 11.8 Å². The van der Waals surface area contributed by atoms with Gasteiger partial charge in [0.2, 0.25) is 0 Å². The summed E-state index contributed by atoms with van der Waals surface area (Å²) in [5, 5.41) is 10.1. The number of phenols is 1. The van der Waals surface area contributed by atoms with Crippen molar-refractivity contribution in [2.24, 2.45) is 11.7 Å². The van der Waals surface area contributed by atoms with E-state index in [4.69, 9.17) is 28.9 Å². The highest BCUT2D eigenvalue weighted by Crippen LogP contribution is 2.43. The lowest BCUT2D eigenvalue weighted by Gasteiger charge is -2.13. The second kappa shape index (κ2) is 3.61. The molecule has 1 unspecified atom stereocenters. The van der Waals surface area contributed by atoms with Crippen molar-refractivity contribution in [3.05, 3.63) is 27.7 Å². The number of rotatable bonds is 2. The Morgan fingerprint density at radius 1 is 1.29 bits per heavy atom. The van der Waals surface area contributed by atoms with Crippen molar-refractivity contribution in [3.63, 3.8) is 0 Å². The van der Waals surface area contributed by atoms with E-state index in [1.807, 2.05) is 0 Å². The van der Waals surface area contributed by atoms with Crippen molar-refractivity contribution in [1.29, 1.82) is 0 Å². The summed E-state index contributed by atoms with van der Waals surface area (Å²) in [6.07, 6.45) is 2.30. The lowest BCUT2D eigenvalue weighted by atomic mass is 10.0. The van der Waals surface area contributed by atoms with E-state index in [2.05, 4.69) is 0 Å². The Kier molecular flexibility index (Phi) is 2.60. The van der Waals surface area contributed by atoms with Crippen LogP contribution >= 0.6 is 23.2 Å². The van der Waals surface area contributed by atoms with Crippen LogP contribution in [0.1, 0.15) is 24.4 Å². The molecule has 1 aromatic carbocycles. The van der Waals surface area contributed by atoms with Gasteiger partial charge in [-0.2, -0.15) is 0 Å². The van der Waals surface area contributed by atoms with Crippen LogP contribution in [0.4, 0.5) is 0 Å². The molecule has 4 heteroatoms. The summed E-state index contributed by atoms with van der Waals surface area (Å²) in [5.41, 5.74) is 6.83. The van der Waals surface area contributed by atoms with Crippen molar-refractivity contribution in [2.45, 2.75) is 18.9 Å². The molecule has 0 radical (unpaired) electrons. The standard InChI is InChI=1S/C10H11Cl2NO/c11-7-4-9(14)8(12)3-6(7)10(13)5-1-2-5/h3-5,10,14H,1-2,13H2. The zero-order valence-corrected chi connectivity index (χ0v) is 9.02. The largest absolute Gasteiger partial charge is 0.506 e. The van der Waals surface area contributed by atoms with Crippen LogP contribution in [-0.4, -0.2) is 5.11 Å². The normalized spacial score (nSPS) is 18.2. The molecule has 0 spiro atoms. The van der Waals surface area contributed by atoms with Gasteiger partial charge in [0, 0.05) is 17.1 Å². The second-order valence-corrected chi connectivity index (χ2v) is 4.50. The van der Waals surface area contributed by atoms with Crippen LogP contribution in [0.2, 0.25) is 10.0 Å². The molecule has 0 aliphatic heterocycles. The number of halogens is 2. The molecule has 2 rings (SSSR count). The van der Waals surface area contributed by atoms with Crippen LogP contribution in [0, 0.1) is 5.92 Å². The van der Waals surface area contributed by atoms with Crippen molar-refractivity contribution >= 4 is 23.2 Å². The van der Waals surface area contributed by atoms with Gasteiger partial charge in [-0.1, -0.05) is 23.2 Å². The molecule has 0 aromatic heterocycles. The molecular formula is C10H11Cl2NO. The molecule has 2 nitrogen and oxygen atoms in total. The highest BCUT2D eigenvalue weighted by atomic mass is 35.5. The third-order valence-corrected chi connectivity index (χ3v) is 3.19. The van der Waals surface area contributed by atoms with E-state index in [1.165, 1.54) is 6.07 Å². The fourth-order valence-electron chi connectivity index (χ4n) is 1.52. The SMILES string of the molecule is NC(c1cc(Cl)c(O)cc1Cl)C1CC1. The molecule has 1 saturated carbocycles. The molecule has 1 aliphatic rings. The zero-order valence-electron chi connectivity index (χ0n) is 7.50. The molecule has 1 atom stereocenters. The zero-order chi connectivity index (χ0) is 10.3. The maximum absolute atomic E-state index is 9.30. The summed E-state index contributed by atoms with van der Waals surface area (Å²) >= 11 is 11.8. The van der Waals surface area contributed by atoms with Gasteiger partial charge in [-0.05, 0) is 30.4 Å². The van der Waals surface area contributed by atoms with Gasteiger partial charge in [0.25, 0.3) is 0 Å². The molecule has 3 N–H and O–H groups in total. The number of hydrogen-bond donors (Lipinski definition) is 2. The van der Waals surface area contributed by atoms with Crippen molar-refractivity contribution in [3.8, 4) is 5.75 Å². The van der Waals surface area contributed by atoms with Crippen LogP contribution in [0.3, 0.4) is 0 Å². The summed E-state index contributed by atoms with van der Waals surface area (Å²) in [4.78, 5) is 0. The average Bonchev–Trinajstić information content (AvgIpc) is 2.93. The highest BCUT2D eigenvalue weighted by molar-refractivity contribution is 6.34. The Labute approximate surface area is 92.6 Å². The Morgan fingerprint density at radius 2 is 1.93 bits per heavy atom. The molecule has 0 bridgehead atoms. The van der Waals surface area contributed by atoms with E-state index < -0.39 is 0 Å². The molecule has 0 saturated heterocycles. The number of phenolic OH excluding ortho intramolecular Hbond substituents is 1. The highest BCUT2D eigenvalue weighted by Gasteiger charge is 2.31. The van der Waals surface area contributed by atoms with Gasteiger partial charge >= 0.3 is 0 Å². The summed E-state index contributed by atoms with van der Waals surface area (Å²) in [5.74, 6) is 0.525. The van der Waals surface area contributed by atoms with E-state index in [1.54, 1.807) is 6.07 Å². The van der Waals surface area contributed by atoms with E-state index in [9.17, 15) is 5.11 Å². The van der Waals surface area contributed by atoms with Crippen LogP contribution in [0.15, 0.2) is 12.1 Å². The molecule has 0 amide bonds. The summed E-state index contributed by atoms with van der Waals surface area (Å²) < 4.78 is 0. The third-order valence-electron chi connectivity index (χ3n) is 2.56. The topological polar surface area (TPSA) is 46.2 Å². The van der Waals surface area contributed by atoms with E-state index in [0.29, 0.717) is 16.0 Å². The van der Waals surface area contributed by atoms with Gasteiger partial charge in [0.15, 0.2) is 0 Å². The van der Waals surface area contributed by atoms with Crippen LogP contribution in [0.25, 0.3) is 0 Å². The lowest BCUT2D eigenvalue weighted by Crippen LogP contribution is -2.12. The van der Waals surface area contributed by atoms with Crippen LogP contribution in [0.5, 0.6) is 5.75 Å². The quantitative estimate of drug-likeness (QED) is 0.822. The Bertz CT molecular complexity index is 363. The summed E-state index contributed by atoms with van der Waals surface area (Å²) in [7, 11) is 0. The molecule has 76 valence electrons. The molecule has 1 fully saturated rings. The number of aromatic hydroxyl groups is 1. The monoisotopic (exact) mass is 231 g/mol. The molecule has 1 aromatic rings. The minimum absolute atomic E-state index is 0.00316. The van der Waals surface area contributed by atoms with Crippen LogP contribution in [-0.2, 0) is 0 Å². The minimum Gasteiger partial charge on any atom is -0.506 e. The number of nitrogens with two attached hydrogens (primary N) is 1. The number of hydrogen-bond acceptors (Lipinski definition) is 2.